The van der Waals surface area contributed by atoms with Crippen LogP contribution in [0.15, 0.2) is 6.20 Å². The summed E-state index contributed by atoms with van der Waals surface area (Å²) < 4.78 is 5.77. The van der Waals surface area contributed by atoms with Gasteiger partial charge in [-0.25, -0.2) is 4.79 Å². The van der Waals surface area contributed by atoms with E-state index in [2.05, 4.69) is 4.74 Å². The fourth-order valence-electron chi connectivity index (χ4n) is 1.20. The average molecular weight is 228 g/mol. The number of pyridine rings is 1. The molecule has 0 aliphatic carbocycles. The number of methoxy groups -OCH3 is 1. The van der Waals surface area contributed by atoms with Crippen LogP contribution in [0.3, 0.4) is 0 Å². The summed E-state index contributed by atoms with van der Waals surface area (Å²) in [7, 11) is 1.25. The van der Waals surface area contributed by atoms with Crippen molar-refractivity contribution in [2.24, 2.45) is 0 Å². The first-order chi connectivity index (χ1) is 7.02. The third-order valence-electron chi connectivity index (χ3n) is 2.01. The monoisotopic (exact) mass is 227 g/mol. The van der Waals surface area contributed by atoms with E-state index in [0.717, 1.165) is 6.34 Å². The van der Waals surface area contributed by atoms with Crippen LogP contribution >= 0.6 is 11.6 Å². The van der Waals surface area contributed by atoms with Crippen LogP contribution in [0.2, 0.25) is 5.02 Å². The van der Waals surface area contributed by atoms with Gasteiger partial charge in [0.2, 0.25) is 0 Å². The fourth-order valence-corrected chi connectivity index (χ4v) is 1.52. The van der Waals surface area contributed by atoms with Crippen molar-refractivity contribution in [3.8, 4) is 0 Å². The van der Waals surface area contributed by atoms with Gasteiger partial charge in [0.25, 0.3) is 0 Å². The summed E-state index contributed by atoms with van der Waals surface area (Å²) >= 11 is 5.85. The Morgan fingerprint density at radius 1 is 1.67 bits per heavy atom. The number of carbonyl (C=O) groups excluding carboxylic acids is 1. The average Bonchev–Trinajstić information content (AvgIpc) is 2.23. The Kier molecular flexibility index (Phi) is 3.26. The largest absolute Gasteiger partial charge is 0.465 e. The maximum atomic E-state index is 11.4. The molecule has 0 spiro atoms. The molecule has 0 unspecified atom stereocenters. The highest BCUT2D eigenvalue weighted by Crippen LogP contribution is 2.17. The van der Waals surface area contributed by atoms with Crippen LogP contribution in [0.25, 0.3) is 0 Å². The first-order valence-electron chi connectivity index (χ1n) is 4.07. The van der Waals surface area contributed by atoms with Gasteiger partial charge < -0.3 is 4.74 Å². The molecule has 0 aliphatic heterocycles. The highest BCUT2D eigenvalue weighted by Gasteiger charge is 2.16. The quantitative estimate of drug-likeness (QED) is 0.452. The third-order valence-corrected chi connectivity index (χ3v) is 2.29. The molecule has 0 bridgehead atoms. The van der Waals surface area contributed by atoms with E-state index in [1.165, 1.54) is 17.9 Å². The highest BCUT2D eigenvalue weighted by molar-refractivity contribution is 6.33. The maximum Gasteiger partial charge on any atom is 0.339 e. The Balaban J connectivity index is 3.56. The first kappa shape index (κ1) is 11.5. The number of nitrogens with zero attached hydrogens (tertiary/aromatic N) is 1. The molecule has 2 N–H and O–H groups in total. The van der Waals surface area contributed by atoms with E-state index in [9.17, 15) is 4.79 Å². The van der Waals surface area contributed by atoms with E-state index in [0.29, 0.717) is 5.56 Å². The zero-order valence-corrected chi connectivity index (χ0v) is 9.05. The molecule has 0 saturated carbocycles. The van der Waals surface area contributed by atoms with E-state index in [-0.39, 0.29) is 16.1 Å². The normalized spacial score (nSPS) is 9.80. The number of carbonyl (C=O) groups is 1. The first-order valence-corrected chi connectivity index (χ1v) is 4.45. The van der Waals surface area contributed by atoms with Gasteiger partial charge in [-0.05, 0) is 6.92 Å². The van der Waals surface area contributed by atoms with Crippen molar-refractivity contribution in [3.05, 3.63) is 27.8 Å². The van der Waals surface area contributed by atoms with Crippen molar-refractivity contribution < 1.29 is 9.53 Å². The van der Waals surface area contributed by atoms with Gasteiger partial charge >= 0.3 is 5.97 Å². The lowest BCUT2D eigenvalue weighted by atomic mass is 10.1. The topological polar surface area (TPSA) is 78.9 Å². The molecule has 0 saturated heterocycles. The van der Waals surface area contributed by atoms with Gasteiger partial charge in [0.05, 0.1) is 24.0 Å². The lowest BCUT2D eigenvalue weighted by Gasteiger charge is -2.09. The Morgan fingerprint density at radius 2 is 2.27 bits per heavy atom. The molecular formula is C9H10ClN3O2. The Bertz CT molecular complexity index is 479. The molecule has 0 amide bonds. The van der Waals surface area contributed by atoms with Gasteiger partial charge in [0.1, 0.15) is 5.49 Å². The number of halogens is 1. The van der Waals surface area contributed by atoms with E-state index >= 15 is 0 Å². The van der Waals surface area contributed by atoms with Crippen LogP contribution in [0.4, 0.5) is 0 Å². The summed E-state index contributed by atoms with van der Waals surface area (Å²) in [4.78, 5) is 11.4. The Hall–Kier alpha value is -1.62. The maximum absolute atomic E-state index is 11.4. The minimum absolute atomic E-state index is 0.0369. The summed E-state index contributed by atoms with van der Waals surface area (Å²) in [5.74, 6) is -0.580. The molecule has 15 heavy (non-hydrogen) atoms. The van der Waals surface area contributed by atoms with Crippen LogP contribution in [0.5, 0.6) is 0 Å². The summed E-state index contributed by atoms with van der Waals surface area (Å²) in [6.45, 7) is 1.58. The molecule has 6 heteroatoms. The molecule has 0 aliphatic rings. The smallest absolute Gasteiger partial charge is 0.339 e. The van der Waals surface area contributed by atoms with E-state index < -0.39 is 5.97 Å². The minimum Gasteiger partial charge on any atom is -0.465 e. The molecule has 80 valence electrons. The van der Waals surface area contributed by atoms with E-state index in [1.807, 2.05) is 0 Å². The third kappa shape index (κ3) is 1.92. The van der Waals surface area contributed by atoms with Gasteiger partial charge in [-0.15, -0.1) is 0 Å². The van der Waals surface area contributed by atoms with E-state index in [4.69, 9.17) is 22.4 Å². The van der Waals surface area contributed by atoms with Crippen LogP contribution in [0.1, 0.15) is 15.9 Å². The number of aromatic nitrogens is 1. The number of esters is 1. The standard InChI is InChI=1S/C9H10ClN3O2/c1-5-7(9(14)15-2)6(10)3-13(4-11)8(5)12/h3-4,11-12H,1-2H3. The fraction of sp³-hybridized carbons (Fsp3) is 0.222. The van der Waals surface area contributed by atoms with Gasteiger partial charge in [-0.3, -0.25) is 15.4 Å². The number of rotatable bonds is 2. The minimum atomic E-state index is -0.580. The van der Waals surface area contributed by atoms with Gasteiger partial charge in [-0.2, -0.15) is 0 Å². The molecular weight excluding hydrogens is 218 g/mol. The second-order valence-corrected chi connectivity index (χ2v) is 3.26. The number of ether oxygens (including phenoxy) is 1. The predicted octanol–water partition coefficient (Wildman–Crippen LogP) is 1.17. The van der Waals surface area contributed by atoms with Crippen molar-refractivity contribution in [2.75, 3.05) is 7.11 Å². The molecule has 0 fully saturated rings. The number of hydrogen-bond acceptors (Lipinski definition) is 4. The predicted molar refractivity (Wildman–Crippen MR) is 55.6 cm³/mol. The van der Waals surface area contributed by atoms with Crippen molar-refractivity contribution in [1.82, 2.24) is 4.57 Å². The lowest BCUT2D eigenvalue weighted by molar-refractivity contribution is 0.0599. The van der Waals surface area contributed by atoms with Gasteiger partial charge in [0, 0.05) is 11.8 Å². The molecule has 1 heterocycles. The number of nitrogens with one attached hydrogen (secondary N) is 2. The Labute approximate surface area is 91.3 Å². The zero-order valence-electron chi connectivity index (χ0n) is 8.30. The van der Waals surface area contributed by atoms with Gasteiger partial charge in [0.15, 0.2) is 0 Å². The summed E-state index contributed by atoms with van der Waals surface area (Å²) in [5.41, 5.74) is 0.593. The lowest BCUT2D eigenvalue weighted by Crippen LogP contribution is -2.25. The highest BCUT2D eigenvalue weighted by atomic mass is 35.5. The van der Waals surface area contributed by atoms with Gasteiger partial charge in [-0.1, -0.05) is 11.6 Å². The molecule has 0 atom stereocenters. The van der Waals surface area contributed by atoms with Crippen molar-refractivity contribution in [1.29, 1.82) is 10.8 Å². The van der Waals surface area contributed by atoms with Crippen molar-refractivity contribution >= 4 is 23.9 Å². The molecule has 0 aromatic carbocycles. The van der Waals surface area contributed by atoms with Crippen molar-refractivity contribution in [2.45, 2.75) is 6.92 Å². The van der Waals surface area contributed by atoms with Crippen LogP contribution in [0, 0.1) is 17.7 Å². The van der Waals surface area contributed by atoms with Crippen LogP contribution in [-0.4, -0.2) is 24.0 Å². The Morgan fingerprint density at radius 3 is 2.73 bits per heavy atom. The molecule has 1 aromatic rings. The molecule has 1 rings (SSSR count). The SMILES string of the molecule is COC(=O)c1c(Cl)cn(C=N)c(=N)c1C. The van der Waals surface area contributed by atoms with E-state index in [1.54, 1.807) is 6.92 Å². The molecule has 1 aromatic heterocycles. The van der Waals surface area contributed by atoms with Crippen molar-refractivity contribution in [3.63, 3.8) is 0 Å². The number of hydrogen-bond donors (Lipinski definition) is 2. The summed E-state index contributed by atoms with van der Waals surface area (Å²) in [6.07, 6.45) is 2.28. The second kappa shape index (κ2) is 4.27. The van der Waals surface area contributed by atoms with Crippen LogP contribution in [-0.2, 0) is 4.74 Å². The zero-order chi connectivity index (χ0) is 11.6. The summed E-state index contributed by atoms with van der Waals surface area (Å²) in [6, 6.07) is 0. The summed E-state index contributed by atoms with van der Waals surface area (Å²) in [5, 5.41) is 14.9. The molecule has 5 nitrogen and oxygen atoms in total. The second-order valence-electron chi connectivity index (χ2n) is 2.85. The molecule has 0 radical (unpaired) electrons. The van der Waals surface area contributed by atoms with Crippen LogP contribution < -0.4 is 5.49 Å².